The second-order valence-corrected chi connectivity index (χ2v) is 5.98. The fraction of sp³-hybridized carbons (Fsp3) is 0.800. The predicted octanol–water partition coefficient (Wildman–Crippen LogP) is 2.19. The van der Waals surface area contributed by atoms with Crippen LogP contribution in [0.4, 0.5) is 0 Å². The molecule has 1 amide bonds. The highest BCUT2D eigenvalue weighted by Crippen LogP contribution is 2.32. The largest absolute Gasteiger partial charge is 0.356 e. The minimum absolute atomic E-state index is 0.264. The van der Waals surface area contributed by atoms with Crippen LogP contribution >= 0.6 is 0 Å². The molecule has 18 heavy (non-hydrogen) atoms. The Labute approximate surface area is 111 Å². The van der Waals surface area contributed by atoms with Crippen molar-refractivity contribution < 1.29 is 4.79 Å². The Morgan fingerprint density at radius 1 is 1.33 bits per heavy atom. The van der Waals surface area contributed by atoms with Crippen molar-refractivity contribution in [2.75, 3.05) is 26.2 Å². The fourth-order valence-electron chi connectivity index (χ4n) is 2.58. The van der Waals surface area contributed by atoms with Crippen molar-refractivity contribution in [3.05, 3.63) is 11.6 Å². The van der Waals surface area contributed by atoms with Crippen molar-refractivity contribution in [3.8, 4) is 0 Å². The van der Waals surface area contributed by atoms with Gasteiger partial charge in [-0.15, -0.1) is 0 Å². The molecule has 0 aromatic heterocycles. The molecule has 1 heterocycles. The maximum absolute atomic E-state index is 11.6. The van der Waals surface area contributed by atoms with Crippen LogP contribution in [-0.2, 0) is 4.79 Å². The summed E-state index contributed by atoms with van der Waals surface area (Å²) in [6.45, 7) is 8.55. The highest BCUT2D eigenvalue weighted by Gasteiger charge is 2.26. The molecule has 0 radical (unpaired) electrons. The van der Waals surface area contributed by atoms with E-state index in [0.717, 1.165) is 26.1 Å². The molecule has 1 saturated carbocycles. The molecule has 1 N–H and O–H groups in total. The lowest BCUT2D eigenvalue weighted by Crippen LogP contribution is -2.31. The number of likely N-dealkylation sites (tertiary alicyclic amines) is 1. The number of allylic oxidation sites excluding steroid dienone is 1. The highest BCUT2D eigenvalue weighted by atomic mass is 16.1. The van der Waals surface area contributed by atoms with Gasteiger partial charge in [0.1, 0.15) is 0 Å². The van der Waals surface area contributed by atoms with Crippen LogP contribution in [0.1, 0.15) is 39.5 Å². The molecule has 102 valence electrons. The molecule has 0 aromatic rings. The molecule has 1 aliphatic heterocycles. The van der Waals surface area contributed by atoms with Gasteiger partial charge in [0.05, 0.1) is 0 Å². The first-order valence-corrected chi connectivity index (χ1v) is 7.28. The quantitative estimate of drug-likeness (QED) is 0.733. The van der Waals surface area contributed by atoms with Crippen LogP contribution in [0.15, 0.2) is 11.6 Å². The zero-order valence-electron chi connectivity index (χ0n) is 11.7. The van der Waals surface area contributed by atoms with Crippen molar-refractivity contribution in [2.45, 2.75) is 39.5 Å². The molecular formula is C15H26N2O. The van der Waals surface area contributed by atoms with E-state index in [4.69, 9.17) is 0 Å². The topological polar surface area (TPSA) is 32.3 Å². The molecular weight excluding hydrogens is 224 g/mol. The van der Waals surface area contributed by atoms with Gasteiger partial charge in [-0.2, -0.15) is 0 Å². The Kier molecular flexibility index (Phi) is 4.81. The lowest BCUT2D eigenvalue weighted by atomic mass is 10.1. The Bertz CT molecular complexity index is 320. The Morgan fingerprint density at radius 2 is 2.11 bits per heavy atom. The van der Waals surface area contributed by atoms with Crippen LogP contribution in [0.3, 0.4) is 0 Å². The standard InChI is InChI=1S/C15H26N2O/c1-3-12(2)10-17-7-6-14(11-17)9-16-15(18)8-13-4-5-13/h3,13-14H,4-11H2,1-2H3,(H,16,18). The van der Waals surface area contributed by atoms with Crippen molar-refractivity contribution in [3.63, 3.8) is 0 Å². The average molecular weight is 250 g/mol. The van der Waals surface area contributed by atoms with Crippen LogP contribution in [-0.4, -0.2) is 37.0 Å². The van der Waals surface area contributed by atoms with Crippen molar-refractivity contribution in [1.29, 1.82) is 0 Å². The third kappa shape index (κ3) is 4.45. The van der Waals surface area contributed by atoms with E-state index in [1.807, 2.05) is 0 Å². The SMILES string of the molecule is CC=C(C)CN1CCC(CNC(=O)CC2CC2)C1. The summed E-state index contributed by atoms with van der Waals surface area (Å²) in [4.78, 5) is 14.1. The molecule has 1 unspecified atom stereocenters. The summed E-state index contributed by atoms with van der Waals surface area (Å²) in [7, 11) is 0. The van der Waals surface area contributed by atoms with E-state index < -0.39 is 0 Å². The minimum Gasteiger partial charge on any atom is -0.356 e. The number of amides is 1. The third-order valence-corrected chi connectivity index (χ3v) is 4.09. The zero-order valence-corrected chi connectivity index (χ0v) is 11.7. The van der Waals surface area contributed by atoms with Gasteiger partial charge >= 0.3 is 0 Å². The monoisotopic (exact) mass is 250 g/mol. The van der Waals surface area contributed by atoms with Gasteiger partial charge in [0, 0.05) is 26.1 Å². The average Bonchev–Trinajstić information content (AvgIpc) is 3.05. The predicted molar refractivity (Wildman–Crippen MR) is 74.3 cm³/mol. The Morgan fingerprint density at radius 3 is 2.78 bits per heavy atom. The lowest BCUT2D eigenvalue weighted by Gasteiger charge is -2.16. The van der Waals surface area contributed by atoms with Crippen LogP contribution in [0, 0.1) is 11.8 Å². The van der Waals surface area contributed by atoms with Gasteiger partial charge < -0.3 is 5.32 Å². The smallest absolute Gasteiger partial charge is 0.220 e. The molecule has 2 rings (SSSR count). The third-order valence-electron chi connectivity index (χ3n) is 4.09. The first-order chi connectivity index (χ1) is 8.67. The molecule has 2 fully saturated rings. The van der Waals surface area contributed by atoms with Crippen molar-refractivity contribution in [1.82, 2.24) is 10.2 Å². The molecule has 1 atom stereocenters. The van der Waals surface area contributed by atoms with Crippen LogP contribution in [0.2, 0.25) is 0 Å². The number of carbonyl (C=O) groups excluding carboxylic acids is 1. The summed E-state index contributed by atoms with van der Waals surface area (Å²) in [6.07, 6.45) is 6.68. The van der Waals surface area contributed by atoms with Gasteiger partial charge in [0.15, 0.2) is 0 Å². The first kappa shape index (κ1) is 13.6. The minimum atomic E-state index is 0.264. The molecule has 3 nitrogen and oxygen atoms in total. The number of hydrogen-bond acceptors (Lipinski definition) is 2. The molecule has 0 spiro atoms. The number of nitrogens with one attached hydrogen (secondary N) is 1. The second-order valence-electron chi connectivity index (χ2n) is 5.98. The van der Waals surface area contributed by atoms with E-state index in [-0.39, 0.29) is 5.91 Å². The molecule has 3 heteroatoms. The number of hydrogen-bond donors (Lipinski definition) is 1. The molecule has 2 aliphatic rings. The Balaban J connectivity index is 1.61. The van der Waals surface area contributed by atoms with Gasteiger partial charge in [0.2, 0.25) is 5.91 Å². The van der Waals surface area contributed by atoms with Gasteiger partial charge in [-0.25, -0.2) is 0 Å². The lowest BCUT2D eigenvalue weighted by molar-refractivity contribution is -0.121. The van der Waals surface area contributed by atoms with E-state index in [2.05, 4.69) is 30.1 Å². The highest BCUT2D eigenvalue weighted by molar-refractivity contribution is 5.76. The van der Waals surface area contributed by atoms with Gasteiger partial charge in [-0.3, -0.25) is 9.69 Å². The van der Waals surface area contributed by atoms with Crippen LogP contribution in [0.5, 0.6) is 0 Å². The summed E-state index contributed by atoms with van der Waals surface area (Å²) >= 11 is 0. The van der Waals surface area contributed by atoms with E-state index >= 15 is 0 Å². The molecule has 1 aliphatic carbocycles. The number of nitrogens with zero attached hydrogens (tertiary/aromatic N) is 1. The maximum atomic E-state index is 11.6. The Hall–Kier alpha value is -0.830. The summed E-state index contributed by atoms with van der Waals surface area (Å²) in [5.41, 5.74) is 1.44. The first-order valence-electron chi connectivity index (χ1n) is 7.28. The molecule has 0 bridgehead atoms. The normalized spacial score (nSPS) is 25.4. The molecule has 1 saturated heterocycles. The van der Waals surface area contributed by atoms with E-state index in [1.165, 1.54) is 31.4 Å². The van der Waals surface area contributed by atoms with E-state index in [0.29, 0.717) is 11.8 Å². The van der Waals surface area contributed by atoms with Crippen molar-refractivity contribution >= 4 is 5.91 Å². The summed E-state index contributed by atoms with van der Waals surface area (Å²) < 4.78 is 0. The van der Waals surface area contributed by atoms with Crippen LogP contribution < -0.4 is 5.32 Å². The second kappa shape index (κ2) is 6.37. The maximum Gasteiger partial charge on any atom is 0.220 e. The van der Waals surface area contributed by atoms with Crippen LogP contribution in [0.25, 0.3) is 0 Å². The fourth-order valence-corrected chi connectivity index (χ4v) is 2.58. The van der Waals surface area contributed by atoms with E-state index in [1.54, 1.807) is 0 Å². The van der Waals surface area contributed by atoms with Gasteiger partial charge in [-0.1, -0.05) is 11.6 Å². The summed E-state index contributed by atoms with van der Waals surface area (Å²) in [6, 6.07) is 0. The van der Waals surface area contributed by atoms with Gasteiger partial charge in [0.25, 0.3) is 0 Å². The summed E-state index contributed by atoms with van der Waals surface area (Å²) in [5, 5.41) is 3.10. The summed E-state index contributed by atoms with van der Waals surface area (Å²) in [5.74, 6) is 1.61. The molecule has 0 aromatic carbocycles. The number of carbonyl (C=O) groups is 1. The van der Waals surface area contributed by atoms with Gasteiger partial charge in [-0.05, 0) is 51.5 Å². The van der Waals surface area contributed by atoms with Crippen molar-refractivity contribution in [2.24, 2.45) is 11.8 Å². The number of rotatable bonds is 6. The van der Waals surface area contributed by atoms with E-state index in [9.17, 15) is 4.79 Å². The zero-order chi connectivity index (χ0) is 13.0.